The van der Waals surface area contributed by atoms with E-state index in [1.165, 1.54) is 0 Å². The Morgan fingerprint density at radius 2 is 1.23 bits per heavy atom. The molecule has 1 aromatic heterocycles. The van der Waals surface area contributed by atoms with E-state index < -0.39 is 7.14 Å². The highest BCUT2D eigenvalue weighted by atomic mass is 31.2. The van der Waals surface area contributed by atoms with Gasteiger partial charge < -0.3 is 8.98 Å². The Hall–Kier alpha value is -3.61. The molecular weight excluding hydrogens is 399 g/mol. The summed E-state index contributed by atoms with van der Waals surface area (Å²) in [4.78, 5) is 0. The van der Waals surface area contributed by atoms with E-state index in [1.54, 1.807) is 0 Å². The maximum atomic E-state index is 15.4. The maximum absolute atomic E-state index is 15.4. The van der Waals surface area contributed by atoms with Gasteiger partial charge in [0.1, 0.15) is 11.2 Å². The lowest BCUT2D eigenvalue weighted by Gasteiger charge is -2.18. The molecule has 0 aliphatic carbocycles. The first-order chi connectivity index (χ1) is 15.3. The number of rotatable bonds is 1. The quantitative estimate of drug-likeness (QED) is 0.292. The lowest BCUT2D eigenvalue weighted by atomic mass is 10.00. The second kappa shape index (κ2) is 5.97. The molecule has 7 rings (SSSR count). The van der Waals surface area contributed by atoms with Crippen LogP contribution in [-0.2, 0) is 4.57 Å². The fourth-order valence-electron chi connectivity index (χ4n) is 5.16. The van der Waals surface area contributed by atoms with E-state index in [-0.39, 0.29) is 0 Å². The monoisotopic (exact) mass is 416 g/mol. The molecule has 1 aliphatic heterocycles. The van der Waals surface area contributed by atoms with Crippen molar-refractivity contribution < 1.29 is 8.98 Å². The molecule has 5 aromatic carbocycles. The van der Waals surface area contributed by atoms with Crippen molar-refractivity contribution in [1.82, 2.24) is 0 Å². The van der Waals surface area contributed by atoms with Crippen LogP contribution in [0.25, 0.3) is 43.8 Å². The smallest absolute Gasteiger partial charge is 0.173 e. The van der Waals surface area contributed by atoms with Crippen LogP contribution in [0.1, 0.15) is 0 Å². The number of benzene rings is 5. The van der Waals surface area contributed by atoms with Crippen LogP contribution < -0.4 is 15.9 Å². The topological polar surface area (TPSA) is 30.2 Å². The second-order valence-corrected chi connectivity index (χ2v) is 10.7. The van der Waals surface area contributed by atoms with Crippen LogP contribution >= 0.6 is 7.14 Å². The van der Waals surface area contributed by atoms with Gasteiger partial charge >= 0.3 is 0 Å². The van der Waals surface area contributed by atoms with Gasteiger partial charge in [0.15, 0.2) is 7.14 Å². The largest absolute Gasteiger partial charge is 0.456 e. The third-order valence-electron chi connectivity index (χ3n) is 6.46. The number of fused-ring (bicyclic) bond motifs is 9. The van der Waals surface area contributed by atoms with E-state index in [9.17, 15) is 0 Å². The lowest BCUT2D eigenvalue weighted by molar-refractivity contribution is 0.593. The van der Waals surface area contributed by atoms with Crippen LogP contribution in [0.3, 0.4) is 0 Å². The number of hydrogen-bond donors (Lipinski definition) is 0. The number of furan rings is 1. The third kappa shape index (κ3) is 2.10. The van der Waals surface area contributed by atoms with Crippen LogP contribution in [0.15, 0.2) is 108 Å². The third-order valence-corrected chi connectivity index (χ3v) is 9.69. The predicted octanol–water partition coefficient (Wildman–Crippen LogP) is 6.36. The maximum Gasteiger partial charge on any atom is 0.173 e. The molecule has 3 heteroatoms. The standard InChI is InChI=1S/C28H17O2P/c29-31(19-9-2-1-3-10-19)27-20-11-5-4-8-18(20)14-15-21(27)22-16-17-25-26(28(22)31)23-12-6-7-13-24(23)30-25/h1-17H. The second-order valence-electron chi connectivity index (χ2n) is 8.06. The van der Waals surface area contributed by atoms with Gasteiger partial charge in [-0.1, -0.05) is 84.9 Å². The van der Waals surface area contributed by atoms with Crippen molar-refractivity contribution in [2.45, 2.75) is 0 Å². The first-order valence-electron chi connectivity index (χ1n) is 10.4. The van der Waals surface area contributed by atoms with E-state index in [0.717, 1.165) is 59.8 Å². The van der Waals surface area contributed by atoms with Crippen molar-refractivity contribution in [3.05, 3.63) is 103 Å². The SMILES string of the molecule is O=P1(c2ccccc2)c2c(ccc3ccccc23)-c2ccc3oc4ccccc4c3c21. The minimum absolute atomic E-state index is 0.785. The van der Waals surface area contributed by atoms with Gasteiger partial charge in [0.25, 0.3) is 0 Å². The van der Waals surface area contributed by atoms with E-state index in [2.05, 4.69) is 36.4 Å². The minimum Gasteiger partial charge on any atom is -0.456 e. The zero-order valence-corrected chi connectivity index (χ0v) is 17.5. The normalized spacial score (nSPS) is 17.3. The van der Waals surface area contributed by atoms with Crippen molar-refractivity contribution in [1.29, 1.82) is 0 Å². The minimum atomic E-state index is -3.12. The number of para-hydroxylation sites is 1. The van der Waals surface area contributed by atoms with E-state index >= 15 is 4.57 Å². The van der Waals surface area contributed by atoms with Gasteiger partial charge in [0, 0.05) is 26.7 Å². The molecule has 0 spiro atoms. The molecule has 2 heterocycles. The van der Waals surface area contributed by atoms with Gasteiger partial charge in [-0.25, -0.2) is 0 Å². The van der Waals surface area contributed by atoms with Gasteiger partial charge in [-0.2, -0.15) is 0 Å². The average Bonchev–Trinajstić information content (AvgIpc) is 3.33. The fourth-order valence-corrected chi connectivity index (χ4v) is 8.65. The van der Waals surface area contributed by atoms with E-state index in [0.29, 0.717) is 0 Å². The van der Waals surface area contributed by atoms with Crippen molar-refractivity contribution in [3.8, 4) is 11.1 Å². The summed E-state index contributed by atoms with van der Waals surface area (Å²) in [5, 5.41) is 6.88. The van der Waals surface area contributed by atoms with Gasteiger partial charge in [-0.15, -0.1) is 0 Å². The molecule has 31 heavy (non-hydrogen) atoms. The Balaban J connectivity index is 1.75. The highest BCUT2D eigenvalue weighted by Crippen LogP contribution is 2.56. The van der Waals surface area contributed by atoms with Gasteiger partial charge in [0.2, 0.25) is 0 Å². The van der Waals surface area contributed by atoms with Crippen LogP contribution in [0.5, 0.6) is 0 Å². The molecule has 0 fully saturated rings. The Labute approximate surface area is 179 Å². The van der Waals surface area contributed by atoms with Gasteiger partial charge in [-0.3, -0.25) is 0 Å². The lowest BCUT2D eigenvalue weighted by Crippen LogP contribution is -2.21. The van der Waals surface area contributed by atoms with Crippen LogP contribution in [0.4, 0.5) is 0 Å². The molecule has 1 atom stereocenters. The van der Waals surface area contributed by atoms with Gasteiger partial charge in [0.05, 0.1) is 0 Å². The molecule has 6 aromatic rings. The zero-order valence-electron chi connectivity index (χ0n) is 16.6. The zero-order chi connectivity index (χ0) is 20.6. The van der Waals surface area contributed by atoms with E-state index in [4.69, 9.17) is 4.42 Å². The highest BCUT2D eigenvalue weighted by molar-refractivity contribution is 7.87. The van der Waals surface area contributed by atoms with Crippen molar-refractivity contribution in [2.75, 3.05) is 0 Å². The van der Waals surface area contributed by atoms with Crippen LogP contribution in [0.2, 0.25) is 0 Å². The molecule has 0 radical (unpaired) electrons. The fraction of sp³-hybridized carbons (Fsp3) is 0. The van der Waals surface area contributed by atoms with Crippen LogP contribution in [0, 0.1) is 0 Å². The molecular formula is C28H17O2P. The molecule has 0 bridgehead atoms. The summed E-state index contributed by atoms with van der Waals surface area (Å²) >= 11 is 0. The molecule has 1 unspecified atom stereocenters. The molecule has 0 saturated heterocycles. The average molecular weight is 416 g/mol. The Morgan fingerprint density at radius 1 is 0.548 bits per heavy atom. The van der Waals surface area contributed by atoms with Crippen molar-refractivity contribution in [2.24, 2.45) is 0 Å². The van der Waals surface area contributed by atoms with Gasteiger partial charge in [-0.05, 0) is 40.1 Å². The molecule has 0 N–H and O–H groups in total. The summed E-state index contributed by atoms with van der Waals surface area (Å²) in [5.74, 6) is 0. The van der Waals surface area contributed by atoms with E-state index in [1.807, 2.05) is 66.7 Å². The first-order valence-corrected chi connectivity index (χ1v) is 12.1. The molecule has 2 nitrogen and oxygen atoms in total. The Kier molecular flexibility index (Phi) is 3.29. The predicted molar refractivity (Wildman–Crippen MR) is 130 cm³/mol. The summed E-state index contributed by atoms with van der Waals surface area (Å²) in [6.07, 6.45) is 0. The summed E-state index contributed by atoms with van der Waals surface area (Å²) < 4.78 is 21.6. The molecule has 146 valence electrons. The molecule has 0 saturated carbocycles. The summed E-state index contributed by atoms with van der Waals surface area (Å²) in [5.41, 5.74) is 3.72. The first kappa shape index (κ1) is 17.1. The summed E-state index contributed by atoms with van der Waals surface area (Å²) in [6, 6.07) is 34.6. The van der Waals surface area contributed by atoms with Crippen molar-refractivity contribution in [3.63, 3.8) is 0 Å². The summed E-state index contributed by atoms with van der Waals surface area (Å²) in [7, 11) is -3.12. The Bertz CT molecular complexity index is 1710. The molecule has 0 amide bonds. The number of hydrogen-bond acceptors (Lipinski definition) is 2. The van der Waals surface area contributed by atoms with Crippen LogP contribution in [-0.4, -0.2) is 0 Å². The van der Waals surface area contributed by atoms with Crippen molar-refractivity contribution >= 4 is 55.8 Å². The summed E-state index contributed by atoms with van der Waals surface area (Å²) in [6.45, 7) is 0. The Morgan fingerprint density at radius 3 is 2.10 bits per heavy atom. The highest BCUT2D eigenvalue weighted by Gasteiger charge is 2.43. The molecule has 1 aliphatic rings.